The van der Waals surface area contributed by atoms with Gasteiger partial charge in [0.1, 0.15) is 5.82 Å². The minimum absolute atomic E-state index is 0.0958. The SMILES string of the molecule is CC(C)(C)C(NC(=O)CC(O)c1cccc(F)c1)c1cccs1. The third-order valence-corrected chi connectivity index (χ3v) is 4.55. The van der Waals surface area contributed by atoms with E-state index in [1.54, 1.807) is 17.4 Å². The van der Waals surface area contributed by atoms with Gasteiger partial charge in [-0.25, -0.2) is 4.39 Å². The van der Waals surface area contributed by atoms with Gasteiger partial charge in [-0.05, 0) is 34.6 Å². The molecule has 2 N–H and O–H groups in total. The van der Waals surface area contributed by atoms with E-state index in [4.69, 9.17) is 0 Å². The number of carbonyl (C=O) groups excluding carboxylic acids is 1. The van der Waals surface area contributed by atoms with Gasteiger partial charge in [0.05, 0.1) is 18.6 Å². The second-order valence-electron chi connectivity index (χ2n) is 6.66. The molecule has 0 aliphatic carbocycles. The Kier molecular flexibility index (Phi) is 5.55. The van der Waals surface area contributed by atoms with Gasteiger partial charge in [-0.3, -0.25) is 4.79 Å². The topological polar surface area (TPSA) is 49.3 Å². The molecule has 0 saturated carbocycles. The van der Waals surface area contributed by atoms with Crippen molar-refractivity contribution in [1.82, 2.24) is 5.32 Å². The van der Waals surface area contributed by atoms with Crippen molar-refractivity contribution in [3.8, 4) is 0 Å². The van der Waals surface area contributed by atoms with Gasteiger partial charge < -0.3 is 10.4 Å². The van der Waals surface area contributed by atoms with Gasteiger partial charge in [-0.15, -0.1) is 11.3 Å². The van der Waals surface area contributed by atoms with Crippen LogP contribution in [0, 0.1) is 11.2 Å². The molecule has 2 rings (SSSR count). The molecule has 0 aliphatic heterocycles. The van der Waals surface area contributed by atoms with Crippen molar-refractivity contribution >= 4 is 17.2 Å². The molecule has 0 aliphatic rings. The average Bonchev–Trinajstić information content (AvgIpc) is 2.97. The van der Waals surface area contributed by atoms with Crippen LogP contribution in [0.2, 0.25) is 0 Å². The van der Waals surface area contributed by atoms with Crippen LogP contribution in [-0.4, -0.2) is 11.0 Å². The third-order valence-electron chi connectivity index (χ3n) is 3.61. The Morgan fingerprint density at radius 1 is 1.30 bits per heavy atom. The van der Waals surface area contributed by atoms with E-state index in [1.165, 1.54) is 18.2 Å². The first-order chi connectivity index (χ1) is 10.8. The van der Waals surface area contributed by atoms with Crippen LogP contribution in [0.15, 0.2) is 41.8 Å². The quantitative estimate of drug-likeness (QED) is 0.860. The van der Waals surface area contributed by atoms with Gasteiger partial charge in [0.2, 0.25) is 5.91 Å². The number of benzene rings is 1. The minimum atomic E-state index is -1.02. The Morgan fingerprint density at radius 2 is 2.04 bits per heavy atom. The minimum Gasteiger partial charge on any atom is -0.388 e. The van der Waals surface area contributed by atoms with Gasteiger partial charge in [-0.2, -0.15) is 0 Å². The van der Waals surface area contributed by atoms with Gasteiger partial charge in [0.25, 0.3) is 0 Å². The average molecular weight is 335 g/mol. The van der Waals surface area contributed by atoms with Crippen LogP contribution < -0.4 is 5.32 Å². The molecule has 2 atom stereocenters. The molecule has 0 fully saturated rings. The van der Waals surface area contributed by atoms with E-state index in [0.717, 1.165) is 4.88 Å². The first-order valence-electron chi connectivity index (χ1n) is 7.53. The Morgan fingerprint density at radius 3 is 2.61 bits per heavy atom. The third kappa shape index (κ3) is 4.88. The number of hydrogen-bond donors (Lipinski definition) is 2. The Bertz CT molecular complexity index is 649. The van der Waals surface area contributed by atoms with Crippen molar-refractivity contribution < 1.29 is 14.3 Å². The molecular weight excluding hydrogens is 313 g/mol. The highest BCUT2D eigenvalue weighted by atomic mass is 32.1. The summed E-state index contributed by atoms with van der Waals surface area (Å²) in [6, 6.07) is 9.50. The van der Waals surface area contributed by atoms with Crippen LogP contribution in [0.4, 0.5) is 4.39 Å². The zero-order chi connectivity index (χ0) is 17.0. The lowest BCUT2D eigenvalue weighted by molar-refractivity contribution is -0.124. The van der Waals surface area contributed by atoms with Crippen LogP contribution >= 0.6 is 11.3 Å². The number of nitrogens with one attached hydrogen (secondary N) is 1. The second kappa shape index (κ2) is 7.23. The van der Waals surface area contributed by atoms with E-state index in [1.807, 2.05) is 17.5 Å². The summed E-state index contributed by atoms with van der Waals surface area (Å²) in [4.78, 5) is 13.4. The molecule has 0 radical (unpaired) electrons. The fourth-order valence-corrected chi connectivity index (χ4v) is 3.42. The van der Waals surface area contributed by atoms with Gasteiger partial charge in [0, 0.05) is 4.88 Å². The van der Waals surface area contributed by atoms with Crippen molar-refractivity contribution in [1.29, 1.82) is 0 Å². The van der Waals surface area contributed by atoms with Crippen LogP contribution in [0.25, 0.3) is 0 Å². The molecule has 124 valence electrons. The van der Waals surface area contributed by atoms with E-state index in [0.29, 0.717) is 5.56 Å². The number of thiophene rings is 1. The molecule has 1 heterocycles. The zero-order valence-electron chi connectivity index (χ0n) is 13.5. The molecule has 1 aromatic heterocycles. The van der Waals surface area contributed by atoms with Crippen LogP contribution in [0.5, 0.6) is 0 Å². The summed E-state index contributed by atoms with van der Waals surface area (Å²) in [7, 11) is 0. The summed E-state index contributed by atoms with van der Waals surface area (Å²) in [6.07, 6.45) is -1.11. The molecule has 0 saturated heterocycles. The first-order valence-corrected chi connectivity index (χ1v) is 8.41. The zero-order valence-corrected chi connectivity index (χ0v) is 14.4. The largest absolute Gasteiger partial charge is 0.388 e. The van der Waals surface area contributed by atoms with Crippen molar-refractivity contribution in [3.63, 3.8) is 0 Å². The molecule has 23 heavy (non-hydrogen) atoms. The fourth-order valence-electron chi connectivity index (χ4n) is 2.40. The first kappa shape index (κ1) is 17.6. The number of aliphatic hydroxyl groups is 1. The summed E-state index contributed by atoms with van der Waals surface area (Å²) < 4.78 is 13.2. The van der Waals surface area contributed by atoms with Crippen LogP contribution in [-0.2, 0) is 4.79 Å². The maximum Gasteiger partial charge on any atom is 0.223 e. The summed E-state index contributed by atoms with van der Waals surface area (Å²) in [5.41, 5.74) is 0.258. The van der Waals surface area contributed by atoms with Crippen molar-refractivity contribution in [2.75, 3.05) is 0 Å². The Hall–Kier alpha value is -1.72. The summed E-state index contributed by atoms with van der Waals surface area (Å²) >= 11 is 1.59. The maximum absolute atomic E-state index is 13.2. The van der Waals surface area contributed by atoms with Gasteiger partial charge in [0.15, 0.2) is 0 Å². The molecule has 2 unspecified atom stereocenters. The highest BCUT2D eigenvalue weighted by Gasteiger charge is 2.29. The highest BCUT2D eigenvalue weighted by Crippen LogP contribution is 2.35. The molecule has 1 aromatic carbocycles. The standard InChI is InChI=1S/C18H22FNO2S/c1-18(2,3)17(15-8-5-9-23-15)20-16(22)11-14(21)12-6-4-7-13(19)10-12/h4-10,14,17,21H,11H2,1-3H3,(H,20,22). The summed E-state index contributed by atoms with van der Waals surface area (Å²) in [5.74, 6) is -0.678. The molecular formula is C18H22FNO2S. The van der Waals surface area contributed by atoms with E-state index in [9.17, 15) is 14.3 Å². The fraction of sp³-hybridized carbons (Fsp3) is 0.389. The predicted molar refractivity (Wildman–Crippen MR) is 90.6 cm³/mol. The summed E-state index contributed by atoms with van der Waals surface area (Å²) in [6.45, 7) is 6.17. The molecule has 2 aromatic rings. The molecule has 3 nitrogen and oxygen atoms in total. The highest BCUT2D eigenvalue weighted by molar-refractivity contribution is 7.10. The molecule has 0 bridgehead atoms. The van der Waals surface area contributed by atoms with E-state index in [2.05, 4.69) is 26.1 Å². The van der Waals surface area contributed by atoms with Gasteiger partial charge in [-0.1, -0.05) is 39.0 Å². The molecule has 0 spiro atoms. The lowest BCUT2D eigenvalue weighted by atomic mass is 9.85. The van der Waals surface area contributed by atoms with E-state index in [-0.39, 0.29) is 23.8 Å². The second-order valence-corrected chi connectivity index (χ2v) is 7.64. The predicted octanol–water partition coefficient (Wildman–Crippen LogP) is 4.21. The molecule has 5 heteroatoms. The van der Waals surface area contributed by atoms with E-state index >= 15 is 0 Å². The Labute approximate surface area is 140 Å². The lowest BCUT2D eigenvalue weighted by Gasteiger charge is -2.31. The normalized spacial score (nSPS) is 14.3. The summed E-state index contributed by atoms with van der Waals surface area (Å²) in [5, 5.41) is 15.1. The van der Waals surface area contributed by atoms with Crippen LogP contribution in [0.1, 0.15) is 49.8 Å². The smallest absolute Gasteiger partial charge is 0.223 e. The van der Waals surface area contributed by atoms with Gasteiger partial charge >= 0.3 is 0 Å². The lowest BCUT2D eigenvalue weighted by Crippen LogP contribution is -2.36. The van der Waals surface area contributed by atoms with Crippen molar-refractivity contribution in [3.05, 3.63) is 58.0 Å². The number of carbonyl (C=O) groups is 1. The van der Waals surface area contributed by atoms with Crippen molar-refractivity contribution in [2.45, 2.75) is 39.3 Å². The number of rotatable bonds is 5. The van der Waals surface area contributed by atoms with Crippen LogP contribution in [0.3, 0.4) is 0 Å². The van der Waals surface area contributed by atoms with E-state index < -0.39 is 11.9 Å². The number of amides is 1. The maximum atomic E-state index is 13.2. The number of hydrogen-bond acceptors (Lipinski definition) is 3. The van der Waals surface area contributed by atoms with Crippen molar-refractivity contribution in [2.24, 2.45) is 5.41 Å². The molecule has 1 amide bonds. The monoisotopic (exact) mass is 335 g/mol. The Balaban J connectivity index is 2.05. The number of aliphatic hydroxyl groups excluding tert-OH is 1. The number of halogens is 1.